The van der Waals surface area contributed by atoms with E-state index < -0.39 is 39.0 Å². The van der Waals surface area contributed by atoms with Gasteiger partial charge in [0.2, 0.25) is 0 Å². The average molecular weight is 572 g/mol. The highest BCUT2D eigenvalue weighted by Crippen LogP contribution is 2.43. The van der Waals surface area contributed by atoms with Crippen LogP contribution in [0.2, 0.25) is 5.02 Å². The van der Waals surface area contributed by atoms with Gasteiger partial charge in [-0.15, -0.1) is 11.8 Å². The summed E-state index contributed by atoms with van der Waals surface area (Å²) in [4.78, 5) is 27.6. The van der Waals surface area contributed by atoms with E-state index in [1.54, 1.807) is 48.5 Å². The third kappa shape index (κ3) is 4.62. The predicted octanol–water partition coefficient (Wildman–Crippen LogP) is 4.27. The highest BCUT2D eigenvalue weighted by molar-refractivity contribution is 7.99. The van der Waals surface area contributed by atoms with Gasteiger partial charge in [0.05, 0.1) is 28.1 Å². The monoisotopic (exact) mass is 571 g/mol. The molecule has 11 heteroatoms. The van der Waals surface area contributed by atoms with Crippen LogP contribution in [0.25, 0.3) is 11.1 Å². The molecule has 3 aromatic carbocycles. The van der Waals surface area contributed by atoms with Gasteiger partial charge in [0.1, 0.15) is 5.82 Å². The molecule has 0 amide bonds. The molecule has 0 aliphatic carbocycles. The normalized spacial score (nSPS) is 15.8. The zero-order valence-corrected chi connectivity index (χ0v) is 22.6. The first kappa shape index (κ1) is 26.4. The quantitative estimate of drug-likeness (QED) is 0.347. The second kappa shape index (κ2) is 10.2. The fourth-order valence-electron chi connectivity index (χ4n) is 4.73. The summed E-state index contributed by atoms with van der Waals surface area (Å²) in [6.07, 6.45) is 0.992. The number of fused-ring (bicyclic) bond motifs is 1. The predicted molar refractivity (Wildman–Crippen MR) is 147 cm³/mol. The second-order valence-corrected chi connectivity index (χ2v) is 12.4. The number of halogens is 2. The van der Waals surface area contributed by atoms with E-state index in [9.17, 15) is 18.0 Å². The lowest BCUT2D eigenvalue weighted by molar-refractivity contribution is 0.463. The van der Waals surface area contributed by atoms with Crippen LogP contribution in [0.15, 0.2) is 92.3 Å². The first-order valence-electron chi connectivity index (χ1n) is 11.7. The average Bonchev–Trinajstić information content (AvgIpc) is 3.32. The maximum atomic E-state index is 15.3. The van der Waals surface area contributed by atoms with Crippen LogP contribution >= 0.6 is 23.4 Å². The molecule has 0 saturated heterocycles. The van der Waals surface area contributed by atoms with Crippen molar-refractivity contribution >= 4 is 33.2 Å². The minimum Gasteiger partial charge on any atom is -0.322 e. The number of hydrogen-bond donors (Lipinski definition) is 1. The van der Waals surface area contributed by atoms with Gasteiger partial charge in [0, 0.05) is 34.2 Å². The molecule has 0 radical (unpaired) electrons. The summed E-state index contributed by atoms with van der Waals surface area (Å²) in [5.41, 5.74) is 6.32. The molecule has 2 N–H and O–H groups in total. The Balaban J connectivity index is 1.80. The molecule has 38 heavy (non-hydrogen) atoms. The molecule has 196 valence electrons. The van der Waals surface area contributed by atoms with Gasteiger partial charge in [0.25, 0.3) is 5.56 Å². The van der Waals surface area contributed by atoms with Crippen LogP contribution in [0.3, 0.4) is 0 Å². The van der Waals surface area contributed by atoms with Crippen molar-refractivity contribution < 1.29 is 12.8 Å². The summed E-state index contributed by atoms with van der Waals surface area (Å²) < 4.78 is 42.7. The molecule has 4 aromatic rings. The van der Waals surface area contributed by atoms with Crippen LogP contribution in [0.1, 0.15) is 23.2 Å². The van der Waals surface area contributed by atoms with Crippen LogP contribution in [0, 0.1) is 5.82 Å². The first-order valence-corrected chi connectivity index (χ1v) is 14.9. The van der Waals surface area contributed by atoms with E-state index in [1.807, 2.05) is 6.07 Å². The lowest BCUT2D eigenvalue weighted by Gasteiger charge is -2.22. The van der Waals surface area contributed by atoms with Crippen molar-refractivity contribution in [3.8, 4) is 11.1 Å². The van der Waals surface area contributed by atoms with Crippen molar-refractivity contribution in [1.29, 1.82) is 0 Å². The van der Waals surface area contributed by atoms with Gasteiger partial charge in [-0.2, -0.15) is 0 Å². The summed E-state index contributed by atoms with van der Waals surface area (Å²) in [5, 5.41) is 0.599. The molecule has 0 spiro atoms. The summed E-state index contributed by atoms with van der Waals surface area (Å²) in [7, 11) is -3.83. The van der Waals surface area contributed by atoms with E-state index in [-0.39, 0.29) is 28.3 Å². The third-order valence-corrected chi connectivity index (χ3v) is 9.16. The number of nitrogens with two attached hydrogens (primary N) is 1. The van der Waals surface area contributed by atoms with Gasteiger partial charge < -0.3 is 5.73 Å². The molecule has 1 aliphatic heterocycles. The zero-order chi connectivity index (χ0) is 27.2. The number of nitrogens with zero attached hydrogens (tertiary/aromatic N) is 2. The highest BCUT2D eigenvalue weighted by Gasteiger charge is 2.36. The van der Waals surface area contributed by atoms with Gasteiger partial charge in [0.15, 0.2) is 9.84 Å². The summed E-state index contributed by atoms with van der Waals surface area (Å²) in [5.74, 6) is -0.610. The van der Waals surface area contributed by atoms with Crippen LogP contribution < -0.4 is 17.0 Å². The molecule has 1 aliphatic rings. The van der Waals surface area contributed by atoms with E-state index in [2.05, 4.69) is 0 Å². The molecule has 7 nitrogen and oxygen atoms in total. The Morgan fingerprint density at radius 1 is 1.05 bits per heavy atom. The van der Waals surface area contributed by atoms with E-state index in [1.165, 1.54) is 28.5 Å². The van der Waals surface area contributed by atoms with Crippen LogP contribution in [0.5, 0.6) is 0 Å². The molecular formula is C27H23ClFN3O4S2. The summed E-state index contributed by atoms with van der Waals surface area (Å²) in [6, 6.07) is 17.9. The molecular weight excluding hydrogens is 549 g/mol. The number of sulfone groups is 1. The lowest BCUT2D eigenvalue weighted by Crippen LogP contribution is -2.44. The minimum atomic E-state index is -3.83. The maximum absolute atomic E-state index is 15.3. The fourth-order valence-corrected chi connectivity index (χ4v) is 7.24. The third-order valence-electron chi connectivity index (χ3n) is 6.51. The van der Waals surface area contributed by atoms with Crippen molar-refractivity contribution in [2.45, 2.75) is 28.5 Å². The Morgan fingerprint density at radius 3 is 2.42 bits per heavy atom. The molecule has 5 rings (SSSR count). The highest BCUT2D eigenvalue weighted by atomic mass is 35.5. The summed E-state index contributed by atoms with van der Waals surface area (Å²) in [6.45, 7) is -0.146. The van der Waals surface area contributed by atoms with Crippen molar-refractivity contribution in [2.24, 2.45) is 5.73 Å². The molecule has 2 atom stereocenters. The number of benzene rings is 3. The molecule has 2 heterocycles. The van der Waals surface area contributed by atoms with Gasteiger partial charge in [-0.1, -0.05) is 66.2 Å². The molecule has 0 bridgehead atoms. The Morgan fingerprint density at radius 2 is 1.74 bits per heavy atom. The maximum Gasteiger partial charge on any atom is 0.332 e. The molecule has 0 fully saturated rings. The second-order valence-electron chi connectivity index (χ2n) is 9.00. The Kier molecular flexibility index (Phi) is 7.08. The number of rotatable bonds is 6. The van der Waals surface area contributed by atoms with Gasteiger partial charge in [-0.3, -0.25) is 13.9 Å². The largest absolute Gasteiger partial charge is 0.332 e. The van der Waals surface area contributed by atoms with Crippen molar-refractivity contribution in [3.63, 3.8) is 0 Å². The van der Waals surface area contributed by atoms with Crippen LogP contribution in [0.4, 0.5) is 4.39 Å². The Bertz CT molecular complexity index is 1770. The first-order chi connectivity index (χ1) is 18.1. The van der Waals surface area contributed by atoms with Gasteiger partial charge in [-0.25, -0.2) is 17.6 Å². The molecule has 0 saturated carbocycles. The Labute approximate surface area is 227 Å². The van der Waals surface area contributed by atoms with Crippen molar-refractivity contribution in [1.82, 2.24) is 9.13 Å². The smallest absolute Gasteiger partial charge is 0.322 e. The SMILES string of the molecule is CS(=O)(=O)c1cccc(F)c1C1CSc2c(-c3ccccc3Cl)c(=O)n(CC(N)c3ccccc3)c(=O)n21. The van der Waals surface area contributed by atoms with Gasteiger partial charge in [-0.05, 0) is 23.8 Å². The van der Waals surface area contributed by atoms with E-state index in [0.717, 1.165) is 22.5 Å². The minimum absolute atomic E-state index is 0.119. The van der Waals surface area contributed by atoms with Crippen LogP contribution in [-0.2, 0) is 16.4 Å². The van der Waals surface area contributed by atoms with Gasteiger partial charge >= 0.3 is 5.69 Å². The van der Waals surface area contributed by atoms with E-state index in [4.69, 9.17) is 17.3 Å². The fraction of sp³-hybridized carbons (Fsp3) is 0.185. The number of aromatic nitrogens is 2. The van der Waals surface area contributed by atoms with Crippen molar-refractivity contribution in [3.05, 3.63) is 116 Å². The Hall–Kier alpha value is -3.18. The number of thioether (sulfide) groups is 1. The standard InChI is InChI=1S/C27H23ClFN3O4S2/c1-38(35,36)22-13-7-12-19(29)24(22)21-15-37-26-23(17-10-5-6-11-18(17)28)25(33)31(27(34)32(21)26)14-20(30)16-8-3-2-4-9-16/h2-13,20-21H,14-15,30H2,1H3. The topological polar surface area (TPSA) is 104 Å². The van der Waals surface area contributed by atoms with E-state index in [0.29, 0.717) is 15.6 Å². The van der Waals surface area contributed by atoms with E-state index >= 15 is 4.39 Å². The lowest BCUT2D eigenvalue weighted by atomic mass is 10.1. The van der Waals surface area contributed by atoms with Crippen molar-refractivity contribution in [2.75, 3.05) is 12.0 Å². The molecule has 1 aromatic heterocycles. The molecule has 2 unspecified atom stereocenters. The van der Waals surface area contributed by atoms with Crippen LogP contribution in [-0.4, -0.2) is 29.6 Å². The number of hydrogen-bond acceptors (Lipinski definition) is 6. The zero-order valence-electron chi connectivity index (χ0n) is 20.2. The summed E-state index contributed by atoms with van der Waals surface area (Å²) >= 11 is 7.66.